The first-order chi connectivity index (χ1) is 9.51. The maximum absolute atomic E-state index is 12.9. The molecule has 0 aromatic heterocycles. The molecule has 5 heteroatoms. The van der Waals surface area contributed by atoms with Gasteiger partial charge < -0.3 is 14.4 Å². The zero-order chi connectivity index (χ0) is 14.5. The van der Waals surface area contributed by atoms with Gasteiger partial charge in [0.1, 0.15) is 0 Å². The summed E-state index contributed by atoms with van der Waals surface area (Å²) in [6.07, 6.45) is -0.201. The van der Waals surface area contributed by atoms with Gasteiger partial charge in [0.2, 0.25) is 0 Å². The van der Waals surface area contributed by atoms with Crippen LogP contribution in [-0.2, 0) is 20.1 Å². The highest BCUT2D eigenvalue weighted by molar-refractivity contribution is 9.09. The Kier molecular flexibility index (Phi) is 3.39. The van der Waals surface area contributed by atoms with Crippen LogP contribution in [0.15, 0.2) is 18.2 Å². The van der Waals surface area contributed by atoms with Crippen LogP contribution in [0.25, 0.3) is 0 Å². The first-order valence-electron chi connectivity index (χ1n) is 6.85. The summed E-state index contributed by atoms with van der Waals surface area (Å²) in [7, 11) is 0. The third kappa shape index (κ3) is 1.76. The van der Waals surface area contributed by atoms with Crippen LogP contribution in [-0.4, -0.2) is 30.0 Å². The van der Waals surface area contributed by atoms with Crippen molar-refractivity contribution in [1.29, 1.82) is 0 Å². The van der Waals surface area contributed by atoms with Crippen molar-refractivity contribution in [3.8, 4) is 0 Å². The van der Waals surface area contributed by atoms with E-state index in [-0.39, 0.29) is 18.1 Å². The van der Waals surface area contributed by atoms with Crippen molar-refractivity contribution < 1.29 is 14.3 Å². The Morgan fingerprint density at radius 1 is 1.30 bits per heavy atom. The highest BCUT2D eigenvalue weighted by Crippen LogP contribution is 2.49. The third-order valence-corrected chi connectivity index (χ3v) is 4.42. The fourth-order valence-electron chi connectivity index (χ4n) is 2.95. The van der Waals surface area contributed by atoms with Crippen molar-refractivity contribution in [2.24, 2.45) is 0 Å². The molecule has 0 bridgehead atoms. The Hall–Kier alpha value is -0.910. The van der Waals surface area contributed by atoms with Crippen molar-refractivity contribution in [3.63, 3.8) is 0 Å². The van der Waals surface area contributed by atoms with Gasteiger partial charge in [-0.1, -0.05) is 34.1 Å². The molecule has 108 valence electrons. The minimum atomic E-state index is -1.25. The molecule has 0 N–H and O–H groups in total. The van der Waals surface area contributed by atoms with Gasteiger partial charge in [-0.05, 0) is 26.3 Å². The minimum absolute atomic E-state index is 0.101. The number of carbonyl (C=O) groups is 1. The van der Waals surface area contributed by atoms with Crippen molar-refractivity contribution in [3.05, 3.63) is 29.3 Å². The second-order valence-corrected chi connectivity index (χ2v) is 6.17. The highest BCUT2D eigenvalue weighted by atomic mass is 79.9. The smallest absolute Gasteiger partial charge is 0.292 e. The molecule has 1 aromatic carbocycles. The van der Waals surface area contributed by atoms with Crippen LogP contribution >= 0.6 is 15.9 Å². The molecule has 2 atom stereocenters. The van der Waals surface area contributed by atoms with E-state index in [4.69, 9.17) is 9.47 Å². The molecular formula is C15H18BrNO3. The van der Waals surface area contributed by atoms with Gasteiger partial charge in [-0.25, -0.2) is 0 Å². The van der Waals surface area contributed by atoms with Crippen molar-refractivity contribution >= 4 is 27.5 Å². The number of halogens is 1. The third-order valence-electron chi connectivity index (χ3n) is 4.06. The maximum Gasteiger partial charge on any atom is 0.292 e. The number of amides is 1. The molecule has 2 aliphatic heterocycles. The topological polar surface area (TPSA) is 38.8 Å². The van der Waals surface area contributed by atoms with Gasteiger partial charge in [0.25, 0.3) is 11.7 Å². The molecule has 0 aliphatic carbocycles. The van der Waals surface area contributed by atoms with E-state index in [0.29, 0.717) is 11.9 Å². The molecule has 0 saturated carbocycles. The Bertz CT molecular complexity index is 550. The molecule has 3 rings (SSSR count). The molecule has 1 amide bonds. The van der Waals surface area contributed by atoms with E-state index in [1.54, 1.807) is 4.90 Å². The number of fused-ring (bicyclic) bond motifs is 2. The number of carbonyl (C=O) groups excluding carboxylic acids is 1. The zero-order valence-corrected chi connectivity index (χ0v) is 13.4. The highest BCUT2D eigenvalue weighted by Gasteiger charge is 2.59. The molecule has 1 fully saturated rings. The van der Waals surface area contributed by atoms with E-state index in [1.165, 1.54) is 0 Å². The average Bonchev–Trinajstić information content (AvgIpc) is 2.83. The van der Waals surface area contributed by atoms with Crippen LogP contribution in [0.3, 0.4) is 0 Å². The predicted octanol–water partition coefficient (Wildman–Crippen LogP) is 2.71. The molecule has 1 aromatic rings. The fraction of sp³-hybridized carbons (Fsp3) is 0.533. The summed E-state index contributed by atoms with van der Waals surface area (Å²) < 4.78 is 11.9. The summed E-state index contributed by atoms with van der Waals surface area (Å²) in [5, 5.41) is 0.716. The zero-order valence-electron chi connectivity index (χ0n) is 11.9. The lowest BCUT2D eigenvalue weighted by Gasteiger charge is -2.22. The van der Waals surface area contributed by atoms with Gasteiger partial charge in [0.05, 0.1) is 17.9 Å². The number of anilines is 1. The van der Waals surface area contributed by atoms with Gasteiger partial charge in [0, 0.05) is 17.4 Å². The number of nitrogens with zero attached hydrogens (tertiary/aromatic N) is 1. The molecule has 2 heterocycles. The van der Waals surface area contributed by atoms with E-state index < -0.39 is 5.79 Å². The molecule has 1 saturated heterocycles. The number of aryl methyl sites for hydroxylation is 1. The van der Waals surface area contributed by atoms with Crippen LogP contribution in [0.2, 0.25) is 0 Å². The Morgan fingerprint density at radius 3 is 2.55 bits per heavy atom. The molecule has 0 radical (unpaired) electrons. The number of hydrogen-bond acceptors (Lipinski definition) is 3. The van der Waals surface area contributed by atoms with Crippen LogP contribution in [0, 0.1) is 6.92 Å². The van der Waals surface area contributed by atoms with E-state index in [1.807, 2.05) is 39.0 Å². The van der Waals surface area contributed by atoms with Crippen LogP contribution in [0.5, 0.6) is 0 Å². The van der Waals surface area contributed by atoms with Crippen molar-refractivity contribution in [2.45, 2.75) is 38.8 Å². The number of alkyl halides is 1. The normalized spacial score (nSPS) is 32.2. The maximum atomic E-state index is 12.9. The second kappa shape index (κ2) is 4.83. The van der Waals surface area contributed by atoms with Crippen LogP contribution < -0.4 is 4.90 Å². The average molecular weight is 340 g/mol. The van der Waals surface area contributed by atoms with Gasteiger partial charge in [-0.15, -0.1) is 0 Å². The van der Waals surface area contributed by atoms with Crippen LogP contribution in [0.4, 0.5) is 5.69 Å². The number of ether oxygens (including phenoxy) is 2. The largest absolute Gasteiger partial charge is 0.333 e. The van der Waals surface area contributed by atoms with Gasteiger partial charge >= 0.3 is 0 Å². The molecule has 20 heavy (non-hydrogen) atoms. The molecule has 2 aliphatic rings. The molecule has 4 nitrogen and oxygen atoms in total. The molecule has 1 spiro atoms. The Balaban J connectivity index is 2.15. The van der Waals surface area contributed by atoms with Crippen molar-refractivity contribution in [2.75, 3.05) is 16.8 Å². The Labute approximate surface area is 127 Å². The lowest BCUT2D eigenvalue weighted by Crippen LogP contribution is -2.42. The fourth-order valence-corrected chi connectivity index (χ4v) is 3.30. The second-order valence-electron chi connectivity index (χ2n) is 5.38. The lowest BCUT2D eigenvalue weighted by molar-refractivity contribution is -0.188. The van der Waals surface area contributed by atoms with E-state index >= 15 is 0 Å². The molecular weight excluding hydrogens is 322 g/mol. The summed E-state index contributed by atoms with van der Waals surface area (Å²) in [6, 6.07) is 5.88. The summed E-state index contributed by atoms with van der Waals surface area (Å²) in [4.78, 5) is 14.6. The summed E-state index contributed by atoms with van der Waals surface area (Å²) in [5.41, 5.74) is 2.82. The van der Waals surface area contributed by atoms with E-state index in [9.17, 15) is 4.79 Å². The predicted molar refractivity (Wildman–Crippen MR) is 80.1 cm³/mol. The van der Waals surface area contributed by atoms with Crippen molar-refractivity contribution in [1.82, 2.24) is 0 Å². The minimum Gasteiger partial charge on any atom is -0.333 e. The Morgan fingerprint density at radius 2 is 1.95 bits per heavy atom. The lowest BCUT2D eigenvalue weighted by atomic mass is 10.0. The number of para-hydroxylation sites is 1. The monoisotopic (exact) mass is 339 g/mol. The SMILES string of the molecule is Cc1cccc2c1N(CCBr)C(=O)C21OC(C)C(C)O1. The first kappa shape index (κ1) is 14.0. The number of hydrogen-bond donors (Lipinski definition) is 0. The van der Waals surface area contributed by atoms with E-state index in [2.05, 4.69) is 15.9 Å². The standard InChI is InChI=1S/C15H18BrNO3/c1-9-5-4-6-12-13(9)17(8-7-16)14(18)15(12)19-10(2)11(3)20-15/h4-6,10-11H,7-8H2,1-3H3. The quantitative estimate of drug-likeness (QED) is 0.777. The van der Waals surface area contributed by atoms with Gasteiger partial charge in [-0.2, -0.15) is 0 Å². The number of benzene rings is 1. The van der Waals surface area contributed by atoms with E-state index in [0.717, 1.165) is 16.8 Å². The summed E-state index contributed by atoms with van der Waals surface area (Å²) in [6.45, 7) is 6.49. The van der Waals surface area contributed by atoms with Crippen LogP contribution in [0.1, 0.15) is 25.0 Å². The van der Waals surface area contributed by atoms with Gasteiger partial charge in [0.15, 0.2) is 0 Å². The first-order valence-corrected chi connectivity index (χ1v) is 7.97. The summed E-state index contributed by atoms with van der Waals surface area (Å²) >= 11 is 3.41. The molecule has 2 unspecified atom stereocenters. The number of rotatable bonds is 2. The summed E-state index contributed by atoms with van der Waals surface area (Å²) in [5.74, 6) is -1.36. The van der Waals surface area contributed by atoms with Gasteiger partial charge in [-0.3, -0.25) is 4.79 Å².